The Morgan fingerprint density at radius 3 is 2.08 bits per heavy atom. The molecule has 76 heavy (non-hydrogen) atoms. The molecule has 0 radical (unpaired) electrons. The zero-order valence-electron chi connectivity index (χ0n) is 42.6. The van der Waals surface area contributed by atoms with Crippen LogP contribution in [-0.4, -0.2) is 22.7 Å². The maximum Gasteiger partial charge on any atom is 0.160 e. The van der Waals surface area contributed by atoms with Gasteiger partial charge in [-0.1, -0.05) is 201 Å². The molecule has 10 aromatic carbocycles. The molecule has 3 heterocycles. The molecule has 1 aliphatic rings. The highest BCUT2D eigenvalue weighted by Gasteiger charge is 2.26. The van der Waals surface area contributed by atoms with E-state index in [1.807, 2.05) is 13.0 Å². The van der Waals surface area contributed by atoms with E-state index in [-0.39, 0.29) is 0 Å². The minimum Gasteiger partial charge on any atom is -0.454 e. The quantitative estimate of drug-likeness (QED) is 0.0593. The standard InChI is InChI=1S/C71H54N4O/c1-4-6-8-18-41-74-42-19-17-21-47(3)55-36-33-53(45-64(55)74)71(72-46-54-28-20-27-48-22-11-14-29-56(48)54)73-62(32-7-5-2)59-37-38-60-68-58-31-16-13-24-50(58)35-40-66(68)76-70(60)69(59)75-63-39-34-49-23-12-15-30-57(49)67(63)61-43-51-25-9-10-26-52(51)44-65(61)75/h4-31,33-40,42-45H,3,32,41,46H2,1-2H3/b6-4-,7-5+,18-8-,21-17-,42-19-,72-71-,73-62+. The molecule has 0 atom stereocenters. The van der Waals surface area contributed by atoms with E-state index in [2.05, 4.69) is 260 Å². The van der Waals surface area contributed by atoms with Crippen molar-refractivity contribution in [1.82, 2.24) is 4.57 Å². The van der Waals surface area contributed by atoms with Crippen molar-refractivity contribution in [2.45, 2.75) is 26.8 Å². The predicted octanol–water partition coefficient (Wildman–Crippen LogP) is 18.7. The maximum absolute atomic E-state index is 7.31. The third-order valence-corrected chi connectivity index (χ3v) is 15.0. The van der Waals surface area contributed by atoms with Gasteiger partial charge in [0.2, 0.25) is 0 Å². The Morgan fingerprint density at radius 1 is 0.579 bits per heavy atom. The molecule has 12 aromatic rings. The molecule has 0 fully saturated rings. The fraction of sp³-hybridized carbons (Fsp3) is 0.0704. The van der Waals surface area contributed by atoms with Crippen LogP contribution in [0.1, 0.15) is 42.5 Å². The lowest BCUT2D eigenvalue weighted by atomic mass is 9.98. The largest absolute Gasteiger partial charge is 0.454 e. The topological polar surface area (TPSA) is 46.0 Å². The summed E-state index contributed by atoms with van der Waals surface area (Å²) < 4.78 is 9.77. The second kappa shape index (κ2) is 19.7. The van der Waals surface area contributed by atoms with Crippen molar-refractivity contribution in [2.24, 2.45) is 9.98 Å². The summed E-state index contributed by atoms with van der Waals surface area (Å²) in [6.07, 6.45) is 21.6. The average molecular weight is 979 g/mol. The van der Waals surface area contributed by atoms with E-state index in [9.17, 15) is 0 Å². The average Bonchev–Trinajstić information content (AvgIpc) is 4.16. The first-order chi connectivity index (χ1) is 37.5. The van der Waals surface area contributed by atoms with Gasteiger partial charge in [-0.05, 0) is 111 Å². The molecule has 364 valence electrons. The van der Waals surface area contributed by atoms with Gasteiger partial charge in [0.15, 0.2) is 11.4 Å². The van der Waals surface area contributed by atoms with E-state index in [4.69, 9.17) is 14.4 Å². The number of benzene rings is 10. The first kappa shape index (κ1) is 46.2. The van der Waals surface area contributed by atoms with Crippen LogP contribution in [0, 0.1) is 0 Å². The van der Waals surface area contributed by atoms with Crippen molar-refractivity contribution in [2.75, 3.05) is 11.4 Å². The first-order valence-electron chi connectivity index (χ1n) is 26.2. The van der Waals surface area contributed by atoms with Crippen molar-refractivity contribution >= 4 is 110 Å². The molecule has 5 nitrogen and oxygen atoms in total. The van der Waals surface area contributed by atoms with Crippen LogP contribution in [0.25, 0.3) is 98.1 Å². The van der Waals surface area contributed by atoms with E-state index in [0.717, 1.165) is 88.7 Å². The van der Waals surface area contributed by atoms with Crippen LogP contribution in [0.2, 0.25) is 0 Å². The van der Waals surface area contributed by atoms with E-state index in [0.29, 0.717) is 25.3 Å². The van der Waals surface area contributed by atoms with Crippen molar-refractivity contribution in [3.63, 3.8) is 0 Å². The monoisotopic (exact) mass is 978 g/mol. The lowest BCUT2D eigenvalue weighted by Crippen LogP contribution is -2.18. The van der Waals surface area contributed by atoms with Crippen LogP contribution >= 0.6 is 0 Å². The van der Waals surface area contributed by atoms with Gasteiger partial charge in [-0.2, -0.15) is 0 Å². The summed E-state index contributed by atoms with van der Waals surface area (Å²) in [5.41, 5.74) is 11.6. The Balaban J connectivity index is 1.12. The number of hydrogen-bond acceptors (Lipinski definition) is 3. The van der Waals surface area contributed by atoms with Crippen LogP contribution in [0.3, 0.4) is 0 Å². The highest BCUT2D eigenvalue weighted by atomic mass is 16.3. The number of aromatic nitrogens is 1. The number of furan rings is 1. The summed E-state index contributed by atoms with van der Waals surface area (Å²) in [7, 11) is 0. The lowest BCUT2D eigenvalue weighted by Gasteiger charge is -2.24. The molecule has 0 N–H and O–H groups in total. The van der Waals surface area contributed by atoms with Gasteiger partial charge in [0.25, 0.3) is 0 Å². The summed E-state index contributed by atoms with van der Waals surface area (Å²) >= 11 is 0. The lowest BCUT2D eigenvalue weighted by molar-refractivity contribution is 0.666. The normalized spacial score (nSPS) is 14.6. The Kier molecular flexibility index (Phi) is 12.0. The van der Waals surface area contributed by atoms with Gasteiger partial charge in [0, 0.05) is 63.1 Å². The summed E-state index contributed by atoms with van der Waals surface area (Å²) in [4.78, 5) is 13.7. The molecule has 0 aliphatic carbocycles. The van der Waals surface area contributed by atoms with Crippen LogP contribution in [0.4, 0.5) is 5.69 Å². The second-order valence-corrected chi connectivity index (χ2v) is 19.5. The minimum absolute atomic E-state index is 0.425. The number of aliphatic imine (C=N–C) groups is 2. The maximum atomic E-state index is 7.31. The molecule has 0 bridgehead atoms. The summed E-state index contributed by atoms with van der Waals surface area (Å²) in [6, 6.07) is 65.7. The third-order valence-electron chi connectivity index (χ3n) is 15.0. The van der Waals surface area contributed by atoms with E-state index >= 15 is 0 Å². The summed E-state index contributed by atoms with van der Waals surface area (Å²) in [5.74, 6) is 0.632. The number of amidine groups is 1. The number of rotatable bonds is 10. The van der Waals surface area contributed by atoms with Crippen LogP contribution in [0.15, 0.2) is 264 Å². The molecular formula is C71H54N4O. The molecular weight excluding hydrogens is 925 g/mol. The van der Waals surface area contributed by atoms with Gasteiger partial charge in [0.05, 0.1) is 29.0 Å². The van der Waals surface area contributed by atoms with E-state index in [1.165, 1.54) is 43.1 Å². The Bertz CT molecular complexity index is 4540. The molecule has 0 spiro atoms. The van der Waals surface area contributed by atoms with Crippen molar-refractivity contribution in [3.05, 3.63) is 272 Å². The number of hydrogen-bond donors (Lipinski definition) is 0. The smallest absolute Gasteiger partial charge is 0.160 e. The minimum atomic E-state index is 0.425. The fourth-order valence-electron chi connectivity index (χ4n) is 11.3. The summed E-state index contributed by atoms with van der Waals surface area (Å²) in [5, 5.41) is 13.9. The van der Waals surface area contributed by atoms with Gasteiger partial charge in [-0.3, -0.25) is 4.99 Å². The SMILES string of the molecule is C=C1/C=C\C=C/N(C/C=C\C=C/C)c2cc(C(=N/Cc3cccc4ccccc34)/N=C(\C/C=C/C)c3ccc4c(oc5ccc6ccccc6c54)c3-n3c4cc5ccccc5cc4c4c5ccccc5ccc43)ccc21. The zero-order valence-corrected chi connectivity index (χ0v) is 42.6. The Labute approximate surface area is 442 Å². The van der Waals surface area contributed by atoms with Gasteiger partial charge in [-0.25, -0.2) is 4.99 Å². The zero-order chi connectivity index (χ0) is 51.1. The highest BCUT2D eigenvalue weighted by Crippen LogP contribution is 2.45. The molecule has 0 unspecified atom stereocenters. The molecule has 0 saturated heterocycles. The van der Waals surface area contributed by atoms with E-state index in [1.54, 1.807) is 0 Å². The molecule has 0 saturated carbocycles. The number of anilines is 1. The third kappa shape index (κ3) is 8.14. The number of allylic oxidation sites excluding steroid dienone is 9. The Morgan fingerprint density at radius 2 is 1.29 bits per heavy atom. The van der Waals surface area contributed by atoms with Gasteiger partial charge < -0.3 is 13.9 Å². The van der Waals surface area contributed by atoms with Crippen molar-refractivity contribution < 1.29 is 4.42 Å². The van der Waals surface area contributed by atoms with Crippen LogP contribution in [0.5, 0.6) is 0 Å². The first-order valence-corrected chi connectivity index (χ1v) is 26.2. The highest BCUT2D eigenvalue weighted by molar-refractivity contribution is 6.27. The fourth-order valence-corrected chi connectivity index (χ4v) is 11.3. The second-order valence-electron chi connectivity index (χ2n) is 19.5. The molecule has 5 heteroatoms. The molecule has 2 aromatic heterocycles. The van der Waals surface area contributed by atoms with E-state index < -0.39 is 0 Å². The van der Waals surface area contributed by atoms with Crippen molar-refractivity contribution in [1.29, 1.82) is 0 Å². The van der Waals surface area contributed by atoms with Crippen LogP contribution < -0.4 is 4.90 Å². The summed E-state index contributed by atoms with van der Waals surface area (Å²) in [6.45, 7) is 9.72. The van der Waals surface area contributed by atoms with Gasteiger partial charge in [-0.15, -0.1) is 0 Å². The number of fused-ring (bicyclic) bond motifs is 13. The van der Waals surface area contributed by atoms with Crippen LogP contribution in [-0.2, 0) is 6.54 Å². The molecule has 13 rings (SSSR count). The van der Waals surface area contributed by atoms with Gasteiger partial charge in [0.1, 0.15) is 5.58 Å². The van der Waals surface area contributed by atoms with Crippen molar-refractivity contribution in [3.8, 4) is 5.69 Å². The predicted molar refractivity (Wildman–Crippen MR) is 326 cm³/mol. The van der Waals surface area contributed by atoms with Gasteiger partial charge >= 0.3 is 0 Å². The molecule has 1 aliphatic heterocycles. The molecule has 0 amide bonds. The Hall–Kier alpha value is -9.58. The number of nitrogens with zero attached hydrogens (tertiary/aromatic N) is 4.